The molecule has 4 heteroatoms. The Balaban J connectivity index is 2.79. The molecule has 0 aliphatic rings. The maximum Gasteiger partial charge on any atom is 0.315 e. The molecule has 1 atom stereocenters. The molecule has 0 fully saturated rings. The van der Waals surface area contributed by atoms with Gasteiger partial charge in [0, 0.05) is 19.9 Å². The van der Waals surface area contributed by atoms with Crippen LogP contribution < -0.4 is 10.1 Å². The molecule has 0 aromatic heterocycles. The highest BCUT2D eigenvalue weighted by Crippen LogP contribution is 2.20. The van der Waals surface area contributed by atoms with Gasteiger partial charge in [0.05, 0.1) is 0 Å². The second-order valence-electron chi connectivity index (χ2n) is 4.40. The fraction of sp³-hybridized carbons (Fsp3) is 0.533. The van der Waals surface area contributed by atoms with E-state index in [-0.39, 0.29) is 5.97 Å². The van der Waals surface area contributed by atoms with Crippen LogP contribution >= 0.6 is 0 Å². The maximum atomic E-state index is 11.3. The van der Waals surface area contributed by atoms with Crippen molar-refractivity contribution in [2.24, 2.45) is 0 Å². The van der Waals surface area contributed by atoms with Gasteiger partial charge in [-0.2, -0.15) is 0 Å². The van der Waals surface area contributed by atoms with Gasteiger partial charge in [0.2, 0.25) is 0 Å². The fourth-order valence-electron chi connectivity index (χ4n) is 1.73. The minimum Gasteiger partial charge on any atom is -0.439 e. The van der Waals surface area contributed by atoms with Gasteiger partial charge >= 0.3 is 11.9 Å². The van der Waals surface area contributed by atoms with Crippen LogP contribution in [-0.2, 0) is 9.53 Å². The highest BCUT2D eigenvalue weighted by atomic mass is 16.7. The first-order valence-electron chi connectivity index (χ1n) is 6.80. The minimum absolute atomic E-state index is 0.359. The Morgan fingerprint density at radius 2 is 1.95 bits per heavy atom. The molecule has 0 aliphatic carbocycles. The fourth-order valence-corrected chi connectivity index (χ4v) is 1.73. The molecule has 0 bridgehead atoms. The van der Waals surface area contributed by atoms with Gasteiger partial charge in [-0.3, -0.25) is 4.79 Å². The van der Waals surface area contributed by atoms with Crippen molar-refractivity contribution in [3.05, 3.63) is 30.3 Å². The highest BCUT2D eigenvalue weighted by molar-refractivity contribution is 5.66. The Kier molecular flexibility index (Phi) is 6.36. The third-order valence-corrected chi connectivity index (χ3v) is 2.72. The average molecular weight is 265 g/mol. The Bertz CT molecular complexity index is 380. The number of esters is 1. The Morgan fingerprint density at radius 3 is 2.47 bits per heavy atom. The topological polar surface area (TPSA) is 47.6 Å². The largest absolute Gasteiger partial charge is 0.439 e. The second-order valence-corrected chi connectivity index (χ2v) is 4.40. The third kappa shape index (κ3) is 5.30. The summed E-state index contributed by atoms with van der Waals surface area (Å²) in [4.78, 5) is 11.3. The smallest absolute Gasteiger partial charge is 0.315 e. The summed E-state index contributed by atoms with van der Waals surface area (Å²) in [5.41, 5.74) is 0. The first-order valence-corrected chi connectivity index (χ1v) is 6.80. The van der Waals surface area contributed by atoms with Crippen LogP contribution in [0, 0.1) is 0 Å². The molecular formula is C15H23NO3. The van der Waals surface area contributed by atoms with E-state index in [0.717, 1.165) is 19.4 Å². The van der Waals surface area contributed by atoms with Crippen molar-refractivity contribution in [3.63, 3.8) is 0 Å². The Morgan fingerprint density at radius 1 is 1.26 bits per heavy atom. The number of carbonyl (C=O) groups excluding carboxylic acids is 1. The minimum atomic E-state index is -1.08. The van der Waals surface area contributed by atoms with Crippen LogP contribution in [0.3, 0.4) is 0 Å². The van der Waals surface area contributed by atoms with Crippen molar-refractivity contribution < 1.29 is 14.3 Å². The first kappa shape index (κ1) is 15.5. The van der Waals surface area contributed by atoms with Crippen LogP contribution in [-0.4, -0.2) is 18.4 Å². The Labute approximate surface area is 115 Å². The number of carbonyl (C=O) groups is 1. The molecule has 19 heavy (non-hydrogen) atoms. The van der Waals surface area contributed by atoms with Crippen molar-refractivity contribution in [2.45, 2.75) is 45.9 Å². The predicted molar refractivity (Wildman–Crippen MR) is 74.8 cm³/mol. The molecule has 0 saturated heterocycles. The number of benzene rings is 1. The van der Waals surface area contributed by atoms with Crippen molar-refractivity contribution >= 4 is 5.97 Å². The molecule has 106 valence electrons. The molecule has 1 aromatic carbocycles. The summed E-state index contributed by atoms with van der Waals surface area (Å²) in [7, 11) is 0. The van der Waals surface area contributed by atoms with E-state index in [1.54, 1.807) is 0 Å². The van der Waals surface area contributed by atoms with E-state index in [9.17, 15) is 4.79 Å². The summed E-state index contributed by atoms with van der Waals surface area (Å²) < 4.78 is 11.2. The number of para-hydroxylation sites is 1. The Hall–Kier alpha value is -1.55. The number of unbranched alkanes of at least 4 members (excludes halogenated alkanes) is 1. The van der Waals surface area contributed by atoms with Crippen LogP contribution in [0.4, 0.5) is 0 Å². The summed E-state index contributed by atoms with van der Waals surface area (Å²) >= 11 is 0. The van der Waals surface area contributed by atoms with E-state index in [2.05, 4.69) is 12.2 Å². The lowest BCUT2D eigenvalue weighted by Gasteiger charge is -2.33. The van der Waals surface area contributed by atoms with Gasteiger partial charge in [0.25, 0.3) is 0 Å². The molecule has 0 saturated carbocycles. The molecule has 1 unspecified atom stereocenters. The summed E-state index contributed by atoms with van der Waals surface area (Å²) in [6, 6.07) is 9.37. The zero-order valence-corrected chi connectivity index (χ0v) is 11.9. The van der Waals surface area contributed by atoms with Crippen LogP contribution in [0.2, 0.25) is 0 Å². The second kappa shape index (κ2) is 7.79. The number of nitrogens with one attached hydrogen (secondary N) is 1. The zero-order chi connectivity index (χ0) is 14.1. The molecule has 1 aromatic rings. The molecule has 0 heterocycles. The normalized spacial score (nSPS) is 13.6. The monoisotopic (exact) mass is 265 g/mol. The predicted octanol–water partition coefficient (Wildman–Crippen LogP) is 3.08. The zero-order valence-electron chi connectivity index (χ0n) is 11.9. The van der Waals surface area contributed by atoms with Crippen molar-refractivity contribution in [1.29, 1.82) is 0 Å². The van der Waals surface area contributed by atoms with E-state index < -0.39 is 5.91 Å². The summed E-state index contributed by atoms with van der Waals surface area (Å²) in [6.45, 7) is 6.16. The van der Waals surface area contributed by atoms with Crippen molar-refractivity contribution in [2.75, 3.05) is 6.54 Å². The van der Waals surface area contributed by atoms with E-state index in [4.69, 9.17) is 9.47 Å². The average Bonchev–Trinajstić information content (AvgIpc) is 2.39. The van der Waals surface area contributed by atoms with Crippen LogP contribution in [0.25, 0.3) is 0 Å². The molecule has 0 aliphatic heterocycles. The lowest BCUT2D eigenvalue weighted by molar-refractivity contribution is -0.209. The summed E-state index contributed by atoms with van der Waals surface area (Å²) in [6.07, 6.45) is 2.60. The number of rotatable bonds is 8. The molecule has 0 radical (unpaired) electrons. The SMILES string of the molecule is CCCCNC(CC)(OC(C)=O)Oc1ccccc1. The van der Waals surface area contributed by atoms with Gasteiger partial charge in [0.1, 0.15) is 5.75 Å². The van der Waals surface area contributed by atoms with E-state index in [0.29, 0.717) is 12.2 Å². The standard InChI is InChI=1S/C15H23NO3/c1-4-6-12-16-15(5-2,18-13(3)17)19-14-10-8-7-9-11-14/h7-11,16H,4-6,12H2,1-3H3. The van der Waals surface area contributed by atoms with Crippen LogP contribution in [0.5, 0.6) is 5.75 Å². The van der Waals surface area contributed by atoms with Crippen molar-refractivity contribution in [1.82, 2.24) is 5.32 Å². The van der Waals surface area contributed by atoms with Crippen LogP contribution in [0.1, 0.15) is 40.0 Å². The molecular weight excluding hydrogens is 242 g/mol. The lowest BCUT2D eigenvalue weighted by Crippen LogP contribution is -2.53. The van der Waals surface area contributed by atoms with E-state index in [1.165, 1.54) is 6.92 Å². The number of hydrogen-bond acceptors (Lipinski definition) is 4. The maximum absolute atomic E-state index is 11.3. The molecule has 1 rings (SSSR count). The first-order chi connectivity index (χ1) is 9.12. The van der Waals surface area contributed by atoms with Crippen molar-refractivity contribution in [3.8, 4) is 5.75 Å². The van der Waals surface area contributed by atoms with Gasteiger partial charge in [0.15, 0.2) is 0 Å². The van der Waals surface area contributed by atoms with Gasteiger partial charge in [-0.15, -0.1) is 0 Å². The van der Waals surface area contributed by atoms with Gasteiger partial charge in [-0.25, -0.2) is 5.32 Å². The molecule has 0 spiro atoms. The molecule has 1 N–H and O–H groups in total. The summed E-state index contributed by atoms with van der Waals surface area (Å²) in [5, 5.41) is 3.20. The third-order valence-electron chi connectivity index (χ3n) is 2.72. The number of ether oxygens (including phenoxy) is 2. The van der Waals surface area contributed by atoms with Gasteiger partial charge < -0.3 is 9.47 Å². The summed E-state index contributed by atoms with van der Waals surface area (Å²) in [5.74, 6) is -0.765. The van der Waals surface area contributed by atoms with Crippen LogP contribution in [0.15, 0.2) is 30.3 Å². The quantitative estimate of drug-likeness (QED) is 0.446. The highest BCUT2D eigenvalue weighted by Gasteiger charge is 2.33. The molecule has 0 amide bonds. The van der Waals surface area contributed by atoms with Gasteiger partial charge in [-0.1, -0.05) is 38.5 Å². The molecule has 4 nitrogen and oxygen atoms in total. The van der Waals surface area contributed by atoms with E-state index >= 15 is 0 Å². The van der Waals surface area contributed by atoms with E-state index in [1.807, 2.05) is 37.3 Å². The van der Waals surface area contributed by atoms with Gasteiger partial charge in [-0.05, 0) is 18.6 Å². The lowest BCUT2D eigenvalue weighted by atomic mass is 10.3. The number of hydrogen-bond donors (Lipinski definition) is 1.